The number of hydrogen-bond acceptors (Lipinski definition) is 8. The van der Waals surface area contributed by atoms with Gasteiger partial charge in [-0.15, -0.1) is 0 Å². The number of thiocarbonyl (C=S) groups is 1. The Morgan fingerprint density at radius 3 is 2.05 bits per heavy atom. The van der Waals surface area contributed by atoms with Crippen LogP contribution in [0.3, 0.4) is 0 Å². The normalized spacial score (nSPS) is 17.2. The average molecular weight is 784 g/mol. The molecule has 3 heterocycles. The Labute approximate surface area is 336 Å². The van der Waals surface area contributed by atoms with E-state index in [4.69, 9.17) is 17.0 Å². The molecule has 0 atom stereocenters. The molecule has 3 aliphatic rings. The van der Waals surface area contributed by atoms with Crippen molar-refractivity contribution in [3.63, 3.8) is 0 Å². The molecule has 3 amide bonds. The van der Waals surface area contributed by atoms with E-state index in [1.165, 1.54) is 4.90 Å². The first-order valence-electron chi connectivity index (χ1n) is 19.5. The zero-order chi connectivity index (χ0) is 40.1. The molecule has 3 aromatic carbocycles. The van der Waals surface area contributed by atoms with Crippen molar-refractivity contribution in [2.45, 2.75) is 85.9 Å². The third-order valence-electron chi connectivity index (χ3n) is 12.6. The van der Waals surface area contributed by atoms with Crippen LogP contribution in [0.5, 0.6) is 5.75 Å². The van der Waals surface area contributed by atoms with Crippen molar-refractivity contribution in [3.05, 3.63) is 70.8 Å². The molecule has 9 nitrogen and oxygen atoms in total. The summed E-state index contributed by atoms with van der Waals surface area (Å²) in [6.07, 6.45) is 2.71. The lowest BCUT2D eigenvalue weighted by atomic mass is 9.71. The van der Waals surface area contributed by atoms with Gasteiger partial charge in [-0.25, -0.2) is 0 Å². The van der Waals surface area contributed by atoms with E-state index in [1.807, 2.05) is 80.4 Å². The van der Waals surface area contributed by atoms with Crippen LogP contribution in [-0.4, -0.2) is 111 Å². The third kappa shape index (κ3) is 7.68. The van der Waals surface area contributed by atoms with Crippen LogP contribution in [-0.2, 0) is 0 Å². The van der Waals surface area contributed by atoms with E-state index < -0.39 is 11.0 Å². The van der Waals surface area contributed by atoms with E-state index in [2.05, 4.69) is 63.3 Å². The highest BCUT2D eigenvalue weighted by Crippen LogP contribution is 2.45. The summed E-state index contributed by atoms with van der Waals surface area (Å²) in [4.78, 5) is 53.8. The van der Waals surface area contributed by atoms with Crippen LogP contribution in [0.15, 0.2) is 53.5 Å². The van der Waals surface area contributed by atoms with Gasteiger partial charge in [-0.3, -0.25) is 29.2 Å². The molecule has 0 N–H and O–H groups in total. The predicted molar refractivity (Wildman–Crippen MR) is 229 cm³/mol. The first kappa shape index (κ1) is 40.9. The van der Waals surface area contributed by atoms with Crippen molar-refractivity contribution >= 4 is 68.7 Å². The van der Waals surface area contributed by atoms with E-state index in [1.54, 1.807) is 11.8 Å². The fourth-order valence-electron chi connectivity index (χ4n) is 7.60. The number of imide groups is 1. The standard InChI is InChI=1S/C44H57N5O4S2/c1-11-19-47-20-18-45-34-26-35(29(2)25-33(34)37(47)50)53-28-42(5,6)44(9,10)55-40(54)48-23-21-46(22-24-48)27-41(3,4)43(7,8)49-38(51)31-16-12-14-30-15-13-17-32(36(30)31)39(49)52/h12-18,25-26H,11,19-24,27-28H2,1-10H3. The smallest absolute Gasteiger partial charge is 0.261 e. The lowest BCUT2D eigenvalue weighted by molar-refractivity contribution is -0.00336. The number of benzene rings is 3. The van der Waals surface area contributed by atoms with Gasteiger partial charge < -0.3 is 14.5 Å². The molecular weight excluding hydrogens is 727 g/mol. The minimum Gasteiger partial charge on any atom is -0.493 e. The van der Waals surface area contributed by atoms with Crippen molar-refractivity contribution in [2.75, 3.05) is 52.4 Å². The van der Waals surface area contributed by atoms with Gasteiger partial charge in [0.05, 0.1) is 29.9 Å². The second-order valence-electron chi connectivity index (χ2n) is 17.6. The van der Waals surface area contributed by atoms with Crippen molar-refractivity contribution < 1.29 is 19.1 Å². The molecule has 0 unspecified atom stereocenters. The fraction of sp³-hybridized carbons (Fsp3) is 0.523. The van der Waals surface area contributed by atoms with Gasteiger partial charge >= 0.3 is 0 Å². The Hall–Kier alpha value is -3.80. The number of rotatable bonds is 11. The molecule has 0 aromatic heterocycles. The van der Waals surface area contributed by atoms with Crippen LogP contribution >= 0.6 is 24.0 Å². The van der Waals surface area contributed by atoms with Crippen LogP contribution in [0.25, 0.3) is 10.8 Å². The number of carbonyl (C=O) groups excluding carboxylic acids is 3. The second kappa shape index (κ2) is 15.3. The maximum absolute atomic E-state index is 14.0. The lowest BCUT2D eigenvalue weighted by Gasteiger charge is -2.51. The number of nitrogens with zero attached hydrogens (tertiary/aromatic N) is 5. The summed E-state index contributed by atoms with van der Waals surface area (Å²) in [5.41, 5.74) is 1.94. The number of hydrogen-bond donors (Lipinski definition) is 0. The average Bonchev–Trinajstić information content (AvgIpc) is 3.27. The van der Waals surface area contributed by atoms with Gasteiger partial charge in [-0.1, -0.05) is 82.9 Å². The molecule has 0 bridgehead atoms. The Morgan fingerprint density at radius 1 is 0.836 bits per heavy atom. The van der Waals surface area contributed by atoms with Crippen molar-refractivity contribution in [1.29, 1.82) is 0 Å². The quantitative estimate of drug-likeness (QED) is 0.141. The molecule has 6 rings (SSSR count). The van der Waals surface area contributed by atoms with E-state index in [9.17, 15) is 14.4 Å². The van der Waals surface area contributed by atoms with Gasteiger partial charge in [-0.2, -0.15) is 0 Å². The van der Waals surface area contributed by atoms with Crippen molar-refractivity contribution in [2.24, 2.45) is 15.8 Å². The number of ether oxygens (including phenoxy) is 1. The highest BCUT2D eigenvalue weighted by molar-refractivity contribution is 8.23. The topological polar surface area (TPSA) is 85.8 Å². The predicted octanol–water partition coefficient (Wildman–Crippen LogP) is 8.64. The van der Waals surface area contributed by atoms with Gasteiger partial charge in [0.15, 0.2) is 0 Å². The second-order valence-corrected chi connectivity index (χ2v) is 19.9. The summed E-state index contributed by atoms with van der Waals surface area (Å²) in [6, 6.07) is 15.2. The molecule has 294 valence electrons. The molecule has 1 fully saturated rings. The molecule has 0 radical (unpaired) electrons. The SMILES string of the molecule is CCCN1CC=Nc2cc(OCC(C)(C)C(C)(C)SC(=S)N3CCN(CC(C)(C)C(C)(C)N4C(=O)c5cccc6cccc(c56)C4=O)CC3)c(C)cc2C1=O. The molecule has 55 heavy (non-hydrogen) atoms. The lowest BCUT2D eigenvalue weighted by Crippen LogP contribution is -2.63. The molecule has 1 saturated heterocycles. The Balaban J connectivity index is 1.05. The van der Waals surface area contributed by atoms with Gasteiger partial charge in [0, 0.05) is 83.6 Å². The zero-order valence-corrected chi connectivity index (χ0v) is 35.9. The van der Waals surface area contributed by atoms with Crippen LogP contribution in [0.2, 0.25) is 0 Å². The summed E-state index contributed by atoms with van der Waals surface area (Å²) in [7, 11) is 0. The van der Waals surface area contributed by atoms with E-state index >= 15 is 0 Å². The van der Waals surface area contributed by atoms with Crippen LogP contribution < -0.4 is 4.74 Å². The highest BCUT2D eigenvalue weighted by Gasteiger charge is 2.50. The maximum Gasteiger partial charge on any atom is 0.261 e. The van der Waals surface area contributed by atoms with Crippen molar-refractivity contribution in [1.82, 2.24) is 19.6 Å². The molecule has 0 saturated carbocycles. The number of thioether (sulfide) groups is 1. The molecular formula is C44H57N5O4S2. The first-order chi connectivity index (χ1) is 25.8. The monoisotopic (exact) mass is 783 g/mol. The molecule has 0 spiro atoms. The summed E-state index contributed by atoms with van der Waals surface area (Å²) in [5, 5.41) is 1.66. The summed E-state index contributed by atoms with van der Waals surface area (Å²) in [6.45, 7) is 27.0. The Bertz CT molecular complexity index is 2000. The van der Waals surface area contributed by atoms with Crippen molar-refractivity contribution in [3.8, 4) is 5.75 Å². The maximum atomic E-state index is 14.0. The molecule has 0 aliphatic carbocycles. The zero-order valence-electron chi connectivity index (χ0n) is 34.2. The number of amides is 3. The number of aliphatic imine (C=N–C) groups is 1. The Kier molecular flexibility index (Phi) is 11.3. The number of fused-ring (bicyclic) bond motifs is 1. The number of carbonyl (C=O) groups is 3. The number of aryl methyl sites for hydroxylation is 1. The minimum absolute atomic E-state index is 0.0129. The summed E-state index contributed by atoms with van der Waals surface area (Å²) < 4.78 is 7.11. The van der Waals surface area contributed by atoms with Gasteiger partial charge in [0.25, 0.3) is 17.7 Å². The van der Waals surface area contributed by atoms with Crippen LogP contribution in [0.4, 0.5) is 5.69 Å². The van der Waals surface area contributed by atoms with Gasteiger partial charge in [0.2, 0.25) is 0 Å². The van der Waals surface area contributed by atoms with E-state index in [0.29, 0.717) is 42.1 Å². The highest BCUT2D eigenvalue weighted by atomic mass is 32.2. The summed E-state index contributed by atoms with van der Waals surface area (Å²) >= 11 is 7.80. The summed E-state index contributed by atoms with van der Waals surface area (Å²) in [5.74, 6) is 0.294. The van der Waals surface area contributed by atoms with E-state index in [-0.39, 0.29) is 27.9 Å². The van der Waals surface area contributed by atoms with Crippen LogP contribution in [0.1, 0.15) is 105 Å². The van der Waals surface area contributed by atoms with Gasteiger partial charge in [0.1, 0.15) is 10.1 Å². The molecule has 3 aromatic rings. The number of piperazine rings is 1. The van der Waals surface area contributed by atoms with Gasteiger partial charge in [-0.05, 0) is 70.2 Å². The third-order valence-corrected chi connectivity index (χ3v) is 14.6. The Morgan fingerprint density at radius 2 is 1.45 bits per heavy atom. The molecule has 11 heteroatoms. The molecule has 3 aliphatic heterocycles. The first-order valence-corrected chi connectivity index (χ1v) is 20.7. The van der Waals surface area contributed by atoms with E-state index in [0.717, 1.165) is 65.6 Å². The largest absolute Gasteiger partial charge is 0.493 e. The van der Waals surface area contributed by atoms with Crippen LogP contribution in [0, 0.1) is 17.8 Å². The fourth-order valence-corrected chi connectivity index (χ4v) is 9.49. The minimum atomic E-state index is -0.756.